The standard InChI is InChI=1S/C53H84NO14P/c1-32-16-12-11-13-17-33(2)46(65-8)28-41-21-19-38(7)53(63,67-41)50(60)51(61)54-23-15-14-18-43(54)52(62)66-47(35(4)26-39-20-22-45(40(27-39)30-55)68-69(9,10)64)29-44(57)34(3)25-37(6)49(59)42(31-56)48(58)36(5)24-32/h11-13,16-17,25,32,34-36,38-43,45-47,49,55-56,59,63H,14-15,18-24,26-31H2,1-10H3/b13-11+,16-12+,33-17+,37-25+/t32-,34-,35-,36-,38-,39?,40+,41+,42+,43+,45-,46+,47+,49-,53-/m1/s1. The van der Waals surface area contributed by atoms with Crippen LogP contribution in [0, 0.1) is 47.3 Å². The molecule has 4 aliphatic rings. The van der Waals surface area contributed by atoms with E-state index in [9.17, 15) is 49.0 Å². The number of Topliss-reactive ketones (excluding diaryl/α,β-unsaturated/α-hetero) is 3. The van der Waals surface area contributed by atoms with Gasteiger partial charge in [-0.05, 0) is 107 Å². The Kier molecular flexibility index (Phi) is 22.5. The lowest BCUT2D eigenvalue weighted by atomic mass is 9.75. The number of ether oxygens (including phenoxy) is 3. The molecule has 390 valence electrons. The summed E-state index contributed by atoms with van der Waals surface area (Å²) in [5, 5.41) is 44.1. The summed E-state index contributed by atoms with van der Waals surface area (Å²) >= 11 is 0. The Balaban J connectivity index is 1.70. The van der Waals surface area contributed by atoms with Crippen LogP contribution in [0.3, 0.4) is 0 Å². The van der Waals surface area contributed by atoms with Crippen molar-refractivity contribution in [2.24, 2.45) is 47.3 Å². The predicted molar refractivity (Wildman–Crippen MR) is 263 cm³/mol. The zero-order valence-electron chi connectivity index (χ0n) is 42.9. The monoisotopic (exact) mass is 990 g/mol. The number of ketones is 3. The topological polar surface area (TPSA) is 223 Å². The molecule has 0 aromatic heterocycles. The number of carbonyl (C=O) groups is 5. The highest BCUT2D eigenvalue weighted by molar-refractivity contribution is 7.57. The van der Waals surface area contributed by atoms with Gasteiger partial charge in [-0.15, -0.1) is 0 Å². The smallest absolute Gasteiger partial charge is 0.329 e. The molecule has 3 fully saturated rings. The second kappa shape index (κ2) is 26.5. The summed E-state index contributed by atoms with van der Waals surface area (Å²) in [5.41, 5.74) is 1.20. The molecule has 1 unspecified atom stereocenters. The Labute approximate surface area is 411 Å². The fourth-order valence-electron chi connectivity index (χ4n) is 10.8. The Morgan fingerprint density at radius 1 is 0.899 bits per heavy atom. The Morgan fingerprint density at radius 3 is 2.26 bits per heavy atom. The van der Waals surface area contributed by atoms with E-state index in [4.69, 9.17) is 18.7 Å². The summed E-state index contributed by atoms with van der Waals surface area (Å²) in [5.74, 6) is -9.84. The Bertz CT molecular complexity index is 1940. The van der Waals surface area contributed by atoms with E-state index in [1.54, 1.807) is 54.2 Å². The lowest BCUT2D eigenvalue weighted by Crippen LogP contribution is -2.61. The summed E-state index contributed by atoms with van der Waals surface area (Å²) in [6, 6.07) is -1.18. The zero-order chi connectivity index (χ0) is 51.4. The maximum absolute atomic E-state index is 14.5. The minimum absolute atomic E-state index is 0.0193. The van der Waals surface area contributed by atoms with Crippen LogP contribution in [-0.2, 0) is 47.3 Å². The van der Waals surface area contributed by atoms with Crippen molar-refractivity contribution < 1.29 is 67.7 Å². The number of hydrogen-bond donors (Lipinski definition) is 4. The fourth-order valence-corrected chi connectivity index (χ4v) is 11.7. The number of hydrogen-bond acceptors (Lipinski definition) is 14. The van der Waals surface area contributed by atoms with Crippen molar-refractivity contribution in [2.75, 3.05) is 40.2 Å². The van der Waals surface area contributed by atoms with Gasteiger partial charge in [-0.3, -0.25) is 23.7 Å². The van der Waals surface area contributed by atoms with E-state index in [1.807, 2.05) is 51.2 Å². The van der Waals surface area contributed by atoms with Gasteiger partial charge in [-0.25, -0.2) is 4.79 Å². The summed E-state index contributed by atoms with van der Waals surface area (Å²) < 4.78 is 36.7. The molecule has 0 radical (unpaired) electrons. The number of allylic oxidation sites excluding steroid dienone is 6. The molecule has 3 heterocycles. The van der Waals surface area contributed by atoms with Gasteiger partial charge in [-0.2, -0.15) is 0 Å². The van der Waals surface area contributed by atoms with Crippen molar-refractivity contribution >= 4 is 36.6 Å². The molecule has 3 aliphatic heterocycles. The molecular weight excluding hydrogens is 906 g/mol. The third-order valence-corrected chi connectivity index (χ3v) is 15.9. The minimum atomic E-state index is -2.83. The van der Waals surface area contributed by atoms with Gasteiger partial charge in [0.05, 0.1) is 36.9 Å². The number of aliphatic hydroxyl groups is 4. The highest BCUT2D eigenvalue weighted by Crippen LogP contribution is 2.46. The molecule has 4 rings (SSSR count). The van der Waals surface area contributed by atoms with Crippen LogP contribution in [0.15, 0.2) is 47.6 Å². The van der Waals surface area contributed by atoms with Gasteiger partial charge in [0.2, 0.25) is 5.79 Å². The molecule has 4 N–H and O–H groups in total. The molecule has 15 nitrogen and oxygen atoms in total. The second-order valence-corrected chi connectivity index (χ2v) is 23.9. The predicted octanol–water partition coefficient (Wildman–Crippen LogP) is 6.93. The van der Waals surface area contributed by atoms with Crippen molar-refractivity contribution in [1.82, 2.24) is 4.90 Å². The molecule has 69 heavy (non-hydrogen) atoms. The first-order chi connectivity index (χ1) is 32.4. The normalized spacial score (nSPS) is 39.0. The number of methoxy groups -OCH3 is 1. The number of carbonyl (C=O) groups excluding carboxylic acids is 5. The quantitative estimate of drug-likeness (QED) is 0.0838. The van der Waals surface area contributed by atoms with E-state index in [1.165, 1.54) is 4.90 Å². The number of amides is 1. The van der Waals surface area contributed by atoms with Crippen LogP contribution in [0.5, 0.6) is 0 Å². The van der Waals surface area contributed by atoms with Crippen LogP contribution >= 0.6 is 7.37 Å². The van der Waals surface area contributed by atoms with Gasteiger partial charge < -0.3 is 44.1 Å². The number of rotatable bonds is 8. The number of esters is 1. The molecule has 1 aliphatic carbocycles. The maximum Gasteiger partial charge on any atom is 0.329 e. The van der Waals surface area contributed by atoms with Gasteiger partial charge in [0.15, 0.2) is 7.37 Å². The molecule has 2 bridgehead atoms. The van der Waals surface area contributed by atoms with Crippen molar-refractivity contribution in [1.29, 1.82) is 0 Å². The summed E-state index contributed by atoms with van der Waals surface area (Å²) in [6.45, 7) is 14.9. The van der Waals surface area contributed by atoms with Crippen molar-refractivity contribution in [2.45, 2.75) is 168 Å². The van der Waals surface area contributed by atoms with Gasteiger partial charge >= 0.3 is 5.97 Å². The van der Waals surface area contributed by atoms with Crippen LogP contribution in [0.1, 0.15) is 126 Å². The van der Waals surface area contributed by atoms with E-state index in [-0.39, 0.29) is 61.4 Å². The SMILES string of the molecule is CO[C@H]1C[C@@H]2CC[C@@H](C)[C@@](O)(O2)C(=O)C(=O)N2CCCC[C@H]2C(=O)O[C@H]([C@H](C)CC2CC[C@@H](OP(C)(C)=O)[C@H](CO)C2)CC(=O)[C@H](C)/C=C(\C)[C@@H](O)[C@@H](CO)C(=O)[C@H](C)C[C@H](C)/C=C/C=C/C=C/1C. The molecule has 1 saturated carbocycles. The van der Waals surface area contributed by atoms with Crippen LogP contribution in [0.25, 0.3) is 0 Å². The maximum atomic E-state index is 14.5. The molecular formula is C53H84NO14P. The van der Waals surface area contributed by atoms with Gasteiger partial charge in [0.25, 0.3) is 11.7 Å². The fraction of sp³-hybridized carbons (Fsp3) is 0.755. The number of cyclic esters (lactones) is 1. The van der Waals surface area contributed by atoms with E-state index in [0.29, 0.717) is 69.8 Å². The first-order valence-corrected chi connectivity index (χ1v) is 27.8. The number of piperidine rings is 1. The van der Waals surface area contributed by atoms with Crippen molar-refractivity contribution in [3.8, 4) is 0 Å². The third-order valence-electron chi connectivity index (χ3n) is 15.1. The molecule has 0 aromatic rings. The van der Waals surface area contributed by atoms with Crippen LogP contribution in [0.4, 0.5) is 0 Å². The summed E-state index contributed by atoms with van der Waals surface area (Å²) in [7, 11) is -1.26. The minimum Gasteiger partial charge on any atom is -0.460 e. The van der Waals surface area contributed by atoms with E-state index in [0.717, 1.165) is 5.57 Å². The average Bonchev–Trinajstić information content (AvgIpc) is 3.30. The molecule has 0 aromatic carbocycles. The van der Waals surface area contributed by atoms with E-state index >= 15 is 0 Å². The van der Waals surface area contributed by atoms with Crippen LogP contribution in [-0.4, -0.2) is 137 Å². The van der Waals surface area contributed by atoms with Gasteiger partial charge in [-0.1, -0.05) is 71.1 Å². The lowest BCUT2D eigenvalue weighted by molar-refractivity contribution is -0.265. The highest BCUT2D eigenvalue weighted by atomic mass is 31.2. The molecule has 16 heteroatoms. The van der Waals surface area contributed by atoms with E-state index in [2.05, 4.69) is 0 Å². The first-order valence-electron chi connectivity index (χ1n) is 25.3. The zero-order valence-corrected chi connectivity index (χ0v) is 43.8. The summed E-state index contributed by atoms with van der Waals surface area (Å²) in [4.78, 5) is 72.1. The molecule has 15 atom stereocenters. The number of nitrogens with zero attached hydrogens (tertiary/aromatic N) is 1. The van der Waals surface area contributed by atoms with Crippen molar-refractivity contribution in [3.63, 3.8) is 0 Å². The number of fused-ring (bicyclic) bond motifs is 3. The lowest BCUT2D eigenvalue weighted by Gasteiger charge is -2.42. The highest BCUT2D eigenvalue weighted by Gasteiger charge is 2.53. The van der Waals surface area contributed by atoms with Crippen molar-refractivity contribution in [3.05, 3.63) is 47.6 Å². The third kappa shape index (κ3) is 16.2. The van der Waals surface area contributed by atoms with E-state index < -0.39 is 97.5 Å². The largest absolute Gasteiger partial charge is 0.460 e. The Hall–Kier alpha value is -3.14. The van der Waals surface area contributed by atoms with Crippen LogP contribution < -0.4 is 0 Å². The summed E-state index contributed by atoms with van der Waals surface area (Å²) in [6.07, 6.45) is 12.2. The van der Waals surface area contributed by atoms with Crippen LogP contribution in [0.2, 0.25) is 0 Å². The second-order valence-electron chi connectivity index (χ2n) is 21.2. The number of aliphatic hydroxyl groups excluding tert-OH is 3. The molecule has 0 spiro atoms. The Morgan fingerprint density at radius 2 is 1.61 bits per heavy atom. The van der Waals surface area contributed by atoms with Gasteiger partial charge in [0.1, 0.15) is 23.7 Å². The average molecular weight is 990 g/mol. The first kappa shape index (κ1) is 58.4. The van der Waals surface area contributed by atoms with Gasteiger partial charge in [0, 0.05) is 70.1 Å². The molecule has 2 saturated heterocycles. The molecule has 1 amide bonds.